The summed E-state index contributed by atoms with van der Waals surface area (Å²) >= 11 is 0. The fourth-order valence-electron chi connectivity index (χ4n) is 1.98. The molecule has 102 valence electrons. The van der Waals surface area contributed by atoms with Gasteiger partial charge in [0.1, 0.15) is 5.75 Å². The molecule has 1 N–H and O–H groups in total. The summed E-state index contributed by atoms with van der Waals surface area (Å²) in [6.07, 6.45) is 1.16. The van der Waals surface area contributed by atoms with Crippen LogP contribution in [-0.4, -0.2) is 38.2 Å². The molecule has 0 saturated heterocycles. The second-order valence-corrected chi connectivity index (χ2v) is 5.04. The van der Waals surface area contributed by atoms with Crippen molar-refractivity contribution in [2.75, 3.05) is 21.2 Å². The van der Waals surface area contributed by atoms with E-state index < -0.39 is 0 Å². The summed E-state index contributed by atoms with van der Waals surface area (Å²) in [6, 6.07) is 9.41. The molecule has 2 atom stereocenters. The predicted octanol–water partition coefficient (Wildman–Crippen LogP) is 2.51. The lowest BCUT2D eigenvalue weighted by Gasteiger charge is -2.27. The van der Waals surface area contributed by atoms with Gasteiger partial charge in [0.2, 0.25) is 0 Å². The van der Waals surface area contributed by atoms with Gasteiger partial charge in [-0.1, -0.05) is 12.1 Å². The van der Waals surface area contributed by atoms with E-state index in [1.807, 2.05) is 19.2 Å². The molecule has 0 fully saturated rings. The van der Waals surface area contributed by atoms with Gasteiger partial charge in [0.15, 0.2) is 0 Å². The molecule has 0 aliphatic heterocycles. The van der Waals surface area contributed by atoms with Crippen LogP contribution in [0.5, 0.6) is 5.75 Å². The van der Waals surface area contributed by atoms with E-state index in [2.05, 4.69) is 43.2 Å². The fourth-order valence-corrected chi connectivity index (χ4v) is 1.98. The molecule has 0 aliphatic rings. The molecule has 0 aliphatic carbocycles. The van der Waals surface area contributed by atoms with Crippen LogP contribution >= 0.6 is 0 Å². The molecule has 0 amide bonds. The molecule has 0 bridgehead atoms. The van der Waals surface area contributed by atoms with Crippen molar-refractivity contribution in [3.63, 3.8) is 0 Å². The summed E-state index contributed by atoms with van der Waals surface area (Å²) in [5.74, 6) is 0.915. The van der Waals surface area contributed by atoms with Gasteiger partial charge in [0, 0.05) is 18.6 Å². The van der Waals surface area contributed by atoms with Crippen LogP contribution in [0.15, 0.2) is 24.3 Å². The van der Waals surface area contributed by atoms with Crippen molar-refractivity contribution in [3.05, 3.63) is 29.8 Å². The van der Waals surface area contributed by atoms with Gasteiger partial charge in [-0.3, -0.25) is 4.90 Å². The topological polar surface area (TPSA) is 24.5 Å². The van der Waals surface area contributed by atoms with E-state index >= 15 is 0 Å². The average Bonchev–Trinajstić information content (AvgIpc) is 2.39. The van der Waals surface area contributed by atoms with Crippen LogP contribution < -0.4 is 10.1 Å². The zero-order valence-corrected chi connectivity index (χ0v) is 12.2. The zero-order valence-electron chi connectivity index (χ0n) is 12.2. The van der Waals surface area contributed by atoms with Crippen LogP contribution in [-0.2, 0) is 6.54 Å². The Hall–Kier alpha value is -1.06. The molecule has 2 unspecified atom stereocenters. The third-order valence-electron chi connectivity index (χ3n) is 3.53. The van der Waals surface area contributed by atoms with Crippen LogP contribution in [0.2, 0.25) is 0 Å². The van der Waals surface area contributed by atoms with E-state index in [1.54, 1.807) is 7.11 Å². The minimum absolute atomic E-state index is 0.554. The summed E-state index contributed by atoms with van der Waals surface area (Å²) in [6.45, 7) is 5.47. The highest BCUT2D eigenvalue weighted by Gasteiger charge is 2.12. The maximum atomic E-state index is 5.17. The first-order valence-corrected chi connectivity index (χ1v) is 6.57. The van der Waals surface area contributed by atoms with E-state index in [0.29, 0.717) is 12.1 Å². The number of benzene rings is 1. The van der Waals surface area contributed by atoms with Crippen molar-refractivity contribution in [3.8, 4) is 5.75 Å². The molecular formula is C15H26N2O. The van der Waals surface area contributed by atoms with Crippen LogP contribution in [0.4, 0.5) is 0 Å². The Morgan fingerprint density at radius 1 is 1.22 bits per heavy atom. The maximum Gasteiger partial charge on any atom is 0.118 e. The summed E-state index contributed by atoms with van der Waals surface area (Å²) in [7, 11) is 5.89. The van der Waals surface area contributed by atoms with E-state index in [4.69, 9.17) is 4.74 Å². The second-order valence-electron chi connectivity index (χ2n) is 5.04. The second kappa shape index (κ2) is 7.39. The molecular weight excluding hydrogens is 224 g/mol. The van der Waals surface area contributed by atoms with Crippen LogP contribution in [0.25, 0.3) is 0 Å². The molecule has 0 saturated carbocycles. The highest BCUT2D eigenvalue weighted by Crippen LogP contribution is 2.14. The lowest BCUT2D eigenvalue weighted by molar-refractivity contribution is 0.224. The maximum absolute atomic E-state index is 5.17. The predicted molar refractivity (Wildman–Crippen MR) is 77.1 cm³/mol. The first-order chi connectivity index (χ1) is 8.56. The van der Waals surface area contributed by atoms with Crippen LogP contribution in [0.3, 0.4) is 0 Å². The Morgan fingerprint density at radius 3 is 2.33 bits per heavy atom. The smallest absolute Gasteiger partial charge is 0.118 e. The van der Waals surface area contributed by atoms with E-state index in [1.165, 1.54) is 5.56 Å². The van der Waals surface area contributed by atoms with Crippen molar-refractivity contribution in [2.24, 2.45) is 0 Å². The summed E-state index contributed by atoms with van der Waals surface area (Å²) < 4.78 is 5.17. The normalized spacial score (nSPS) is 14.6. The molecule has 1 aromatic carbocycles. The van der Waals surface area contributed by atoms with Gasteiger partial charge in [-0.05, 0) is 52.1 Å². The highest BCUT2D eigenvalue weighted by atomic mass is 16.5. The standard InChI is InChI=1S/C15H26N2O/c1-12(16-3)10-13(2)17(4)11-14-6-8-15(18-5)9-7-14/h6-9,12-13,16H,10-11H2,1-5H3. The minimum Gasteiger partial charge on any atom is -0.497 e. The van der Waals surface area contributed by atoms with E-state index in [-0.39, 0.29) is 0 Å². The number of nitrogens with one attached hydrogen (secondary N) is 1. The summed E-state index contributed by atoms with van der Waals surface area (Å²) in [5, 5.41) is 3.29. The first-order valence-electron chi connectivity index (χ1n) is 6.57. The minimum atomic E-state index is 0.554. The van der Waals surface area contributed by atoms with Crippen molar-refractivity contribution in [2.45, 2.75) is 38.9 Å². The van der Waals surface area contributed by atoms with E-state index in [0.717, 1.165) is 18.7 Å². The lowest BCUT2D eigenvalue weighted by Crippen LogP contribution is -2.35. The molecule has 3 nitrogen and oxygen atoms in total. The third kappa shape index (κ3) is 4.67. The average molecular weight is 250 g/mol. The molecule has 1 aromatic rings. The molecule has 0 spiro atoms. The number of nitrogens with zero attached hydrogens (tertiary/aromatic N) is 1. The lowest BCUT2D eigenvalue weighted by atomic mass is 10.1. The van der Waals surface area contributed by atoms with Gasteiger partial charge in [0.05, 0.1) is 7.11 Å². The first kappa shape index (κ1) is 15.0. The number of hydrogen-bond acceptors (Lipinski definition) is 3. The quantitative estimate of drug-likeness (QED) is 0.805. The SMILES string of the molecule is CNC(C)CC(C)N(C)Cc1ccc(OC)cc1. The Bertz CT molecular complexity index is 337. The van der Waals surface area contributed by atoms with E-state index in [9.17, 15) is 0 Å². The Balaban J connectivity index is 2.49. The van der Waals surface area contributed by atoms with Gasteiger partial charge in [-0.15, -0.1) is 0 Å². The molecule has 3 heteroatoms. The Morgan fingerprint density at radius 2 is 1.83 bits per heavy atom. The van der Waals surface area contributed by atoms with Crippen molar-refractivity contribution in [1.82, 2.24) is 10.2 Å². The summed E-state index contributed by atoms with van der Waals surface area (Å²) in [4.78, 5) is 2.38. The molecule has 18 heavy (non-hydrogen) atoms. The molecule has 1 rings (SSSR count). The molecule has 0 radical (unpaired) electrons. The van der Waals surface area contributed by atoms with Gasteiger partial charge in [-0.2, -0.15) is 0 Å². The number of hydrogen-bond donors (Lipinski definition) is 1. The number of ether oxygens (including phenoxy) is 1. The van der Waals surface area contributed by atoms with Gasteiger partial charge >= 0.3 is 0 Å². The zero-order chi connectivity index (χ0) is 13.5. The Kier molecular flexibility index (Phi) is 6.16. The summed E-state index contributed by atoms with van der Waals surface area (Å²) in [5.41, 5.74) is 1.32. The van der Waals surface area contributed by atoms with Crippen LogP contribution in [0.1, 0.15) is 25.8 Å². The largest absolute Gasteiger partial charge is 0.497 e. The van der Waals surface area contributed by atoms with Gasteiger partial charge in [-0.25, -0.2) is 0 Å². The van der Waals surface area contributed by atoms with Gasteiger partial charge in [0.25, 0.3) is 0 Å². The number of rotatable bonds is 7. The van der Waals surface area contributed by atoms with Crippen molar-refractivity contribution in [1.29, 1.82) is 0 Å². The Labute approximate surface area is 111 Å². The van der Waals surface area contributed by atoms with Crippen molar-refractivity contribution < 1.29 is 4.74 Å². The highest BCUT2D eigenvalue weighted by molar-refractivity contribution is 5.27. The molecule has 0 heterocycles. The van der Waals surface area contributed by atoms with Crippen LogP contribution in [0, 0.1) is 0 Å². The van der Waals surface area contributed by atoms with Crippen molar-refractivity contribution >= 4 is 0 Å². The number of methoxy groups -OCH3 is 1. The third-order valence-corrected chi connectivity index (χ3v) is 3.53. The molecule has 0 aromatic heterocycles. The fraction of sp³-hybridized carbons (Fsp3) is 0.600. The monoisotopic (exact) mass is 250 g/mol. The van der Waals surface area contributed by atoms with Gasteiger partial charge < -0.3 is 10.1 Å².